The van der Waals surface area contributed by atoms with Crippen LogP contribution in [0.2, 0.25) is 0 Å². The number of anilines is 1. The molecule has 0 radical (unpaired) electrons. The van der Waals surface area contributed by atoms with Crippen LogP contribution in [0.1, 0.15) is 23.2 Å². The Balaban J connectivity index is 0.00000180. The normalized spacial score (nSPS) is 13.3. The van der Waals surface area contributed by atoms with Crippen molar-refractivity contribution in [3.8, 4) is 0 Å². The van der Waals surface area contributed by atoms with Gasteiger partial charge in [-0.15, -0.1) is 12.4 Å². The van der Waals surface area contributed by atoms with Gasteiger partial charge in [-0.25, -0.2) is 4.39 Å². The van der Waals surface area contributed by atoms with Gasteiger partial charge in [0.25, 0.3) is 5.91 Å². The Hall–Kier alpha value is -1.82. The van der Waals surface area contributed by atoms with Gasteiger partial charge in [-0.2, -0.15) is 0 Å². The van der Waals surface area contributed by atoms with Crippen LogP contribution in [0.3, 0.4) is 0 Å². The predicted molar refractivity (Wildman–Crippen MR) is 71.6 cm³/mol. The second kappa shape index (κ2) is 6.38. The SMILES string of the molecule is Cl.Nc1cc(C(=O)NCC(=O)NC2CC2)ccc1F. The zero-order chi connectivity index (χ0) is 13.1. The fourth-order valence-corrected chi connectivity index (χ4v) is 1.45. The average molecular weight is 288 g/mol. The lowest BCUT2D eigenvalue weighted by Crippen LogP contribution is -2.37. The molecule has 2 amide bonds. The Morgan fingerprint density at radius 3 is 2.63 bits per heavy atom. The van der Waals surface area contributed by atoms with Crippen LogP contribution in [0, 0.1) is 5.82 Å². The molecule has 2 rings (SSSR count). The summed E-state index contributed by atoms with van der Waals surface area (Å²) in [5.41, 5.74) is 5.49. The maximum atomic E-state index is 12.9. The van der Waals surface area contributed by atoms with Crippen molar-refractivity contribution >= 4 is 29.9 Å². The van der Waals surface area contributed by atoms with Crippen LogP contribution >= 0.6 is 12.4 Å². The van der Waals surface area contributed by atoms with Crippen LogP contribution in [-0.2, 0) is 4.79 Å². The fraction of sp³-hybridized carbons (Fsp3) is 0.333. The van der Waals surface area contributed by atoms with Gasteiger partial charge < -0.3 is 16.4 Å². The molecule has 1 aromatic rings. The van der Waals surface area contributed by atoms with Gasteiger partial charge in [-0.05, 0) is 31.0 Å². The van der Waals surface area contributed by atoms with Gasteiger partial charge in [0.1, 0.15) is 5.82 Å². The van der Waals surface area contributed by atoms with Crippen molar-refractivity contribution in [3.63, 3.8) is 0 Å². The molecule has 0 aliphatic heterocycles. The van der Waals surface area contributed by atoms with Gasteiger partial charge in [-0.3, -0.25) is 9.59 Å². The van der Waals surface area contributed by atoms with E-state index in [2.05, 4.69) is 10.6 Å². The molecule has 104 valence electrons. The molecular formula is C12H15ClFN3O2. The number of rotatable bonds is 4. The molecule has 0 unspecified atom stereocenters. The Labute approximate surface area is 116 Å². The second-order valence-electron chi connectivity index (χ2n) is 4.26. The van der Waals surface area contributed by atoms with Gasteiger partial charge in [0.2, 0.25) is 5.91 Å². The summed E-state index contributed by atoms with van der Waals surface area (Å²) in [6.45, 7) is -0.0907. The van der Waals surface area contributed by atoms with E-state index in [0.717, 1.165) is 18.9 Å². The van der Waals surface area contributed by atoms with Crippen molar-refractivity contribution in [2.45, 2.75) is 18.9 Å². The Morgan fingerprint density at radius 2 is 2.05 bits per heavy atom. The van der Waals surface area contributed by atoms with E-state index in [1.807, 2.05) is 0 Å². The van der Waals surface area contributed by atoms with Gasteiger partial charge >= 0.3 is 0 Å². The van der Waals surface area contributed by atoms with Crippen molar-refractivity contribution in [1.29, 1.82) is 0 Å². The number of carbonyl (C=O) groups excluding carboxylic acids is 2. The van der Waals surface area contributed by atoms with E-state index in [9.17, 15) is 14.0 Å². The molecule has 1 aliphatic carbocycles. The standard InChI is InChI=1S/C12H14FN3O2.ClH/c13-9-4-1-7(5-10(9)14)12(18)15-6-11(17)16-8-2-3-8;/h1,4-5,8H,2-3,6,14H2,(H,15,18)(H,16,17);1H. The maximum absolute atomic E-state index is 12.9. The fourth-order valence-electron chi connectivity index (χ4n) is 1.45. The summed E-state index contributed by atoms with van der Waals surface area (Å²) < 4.78 is 12.9. The average Bonchev–Trinajstić information content (AvgIpc) is 3.13. The highest BCUT2D eigenvalue weighted by atomic mass is 35.5. The van der Waals surface area contributed by atoms with Crippen LogP contribution in [0.4, 0.5) is 10.1 Å². The lowest BCUT2D eigenvalue weighted by molar-refractivity contribution is -0.120. The molecule has 0 spiro atoms. The van der Waals surface area contributed by atoms with Crippen LogP contribution in [-0.4, -0.2) is 24.4 Å². The first-order chi connectivity index (χ1) is 8.56. The van der Waals surface area contributed by atoms with E-state index < -0.39 is 11.7 Å². The van der Waals surface area contributed by atoms with E-state index >= 15 is 0 Å². The molecule has 1 aliphatic rings. The van der Waals surface area contributed by atoms with Gasteiger partial charge in [0, 0.05) is 11.6 Å². The van der Waals surface area contributed by atoms with Crippen molar-refractivity contribution in [2.24, 2.45) is 0 Å². The third kappa shape index (κ3) is 4.40. The maximum Gasteiger partial charge on any atom is 0.251 e. The highest BCUT2D eigenvalue weighted by Crippen LogP contribution is 2.18. The monoisotopic (exact) mass is 287 g/mol. The van der Waals surface area contributed by atoms with Gasteiger partial charge in [0.15, 0.2) is 0 Å². The largest absolute Gasteiger partial charge is 0.396 e. The number of nitrogen functional groups attached to an aromatic ring is 1. The highest BCUT2D eigenvalue weighted by Gasteiger charge is 2.23. The van der Waals surface area contributed by atoms with E-state index in [4.69, 9.17) is 5.73 Å². The molecule has 0 bridgehead atoms. The number of halogens is 2. The van der Waals surface area contributed by atoms with E-state index in [-0.39, 0.29) is 42.2 Å². The van der Waals surface area contributed by atoms with Crippen molar-refractivity contribution in [1.82, 2.24) is 10.6 Å². The molecule has 4 N–H and O–H groups in total. The Kier molecular flexibility index (Phi) is 5.11. The number of amides is 2. The van der Waals surface area contributed by atoms with Crippen molar-refractivity contribution in [3.05, 3.63) is 29.6 Å². The van der Waals surface area contributed by atoms with E-state index in [0.29, 0.717) is 0 Å². The first-order valence-corrected chi connectivity index (χ1v) is 5.69. The van der Waals surface area contributed by atoms with Crippen LogP contribution < -0.4 is 16.4 Å². The molecular weight excluding hydrogens is 273 g/mol. The summed E-state index contributed by atoms with van der Waals surface area (Å²) in [5, 5.41) is 5.19. The Bertz CT molecular complexity index is 492. The number of hydrogen-bond acceptors (Lipinski definition) is 3. The van der Waals surface area contributed by atoms with Crippen LogP contribution in [0.25, 0.3) is 0 Å². The smallest absolute Gasteiger partial charge is 0.251 e. The van der Waals surface area contributed by atoms with Gasteiger partial charge in [-0.1, -0.05) is 0 Å². The minimum Gasteiger partial charge on any atom is -0.396 e. The zero-order valence-corrected chi connectivity index (χ0v) is 10.9. The molecule has 0 aromatic heterocycles. The van der Waals surface area contributed by atoms with Gasteiger partial charge in [0.05, 0.1) is 12.2 Å². The predicted octanol–water partition coefficient (Wildman–Crippen LogP) is 0.838. The molecule has 1 aromatic carbocycles. The molecule has 5 nitrogen and oxygen atoms in total. The summed E-state index contributed by atoms with van der Waals surface area (Å²) in [5.74, 6) is -1.24. The molecule has 0 heterocycles. The number of nitrogens with two attached hydrogens (primary N) is 1. The third-order valence-electron chi connectivity index (χ3n) is 2.61. The van der Waals surface area contributed by atoms with E-state index in [1.54, 1.807) is 0 Å². The lowest BCUT2D eigenvalue weighted by Gasteiger charge is -2.06. The number of hydrogen-bond donors (Lipinski definition) is 3. The minimum atomic E-state index is -0.571. The molecule has 0 atom stereocenters. The number of benzene rings is 1. The quantitative estimate of drug-likeness (QED) is 0.718. The first kappa shape index (κ1) is 15.2. The molecule has 0 saturated heterocycles. The van der Waals surface area contributed by atoms with Crippen molar-refractivity contribution in [2.75, 3.05) is 12.3 Å². The van der Waals surface area contributed by atoms with E-state index in [1.165, 1.54) is 12.1 Å². The summed E-state index contributed by atoms with van der Waals surface area (Å²) in [7, 11) is 0. The Morgan fingerprint density at radius 1 is 1.37 bits per heavy atom. The molecule has 7 heteroatoms. The topological polar surface area (TPSA) is 84.2 Å². The van der Waals surface area contributed by atoms with Crippen LogP contribution in [0.5, 0.6) is 0 Å². The molecule has 1 fully saturated rings. The molecule has 1 saturated carbocycles. The summed E-state index contributed by atoms with van der Waals surface area (Å²) in [6, 6.07) is 3.94. The highest BCUT2D eigenvalue weighted by molar-refractivity contribution is 5.97. The third-order valence-corrected chi connectivity index (χ3v) is 2.61. The van der Waals surface area contributed by atoms with Crippen molar-refractivity contribution < 1.29 is 14.0 Å². The lowest BCUT2D eigenvalue weighted by atomic mass is 10.2. The summed E-state index contributed by atoms with van der Waals surface area (Å²) in [4.78, 5) is 23.0. The second-order valence-corrected chi connectivity index (χ2v) is 4.26. The minimum absolute atomic E-state index is 0. The number of carbonyl (C=O) groups is 2. The summed E-state index contributed by atoms with van der Waals surface area (Å²) in [6.07, 6.45) is 1.99. The van der Waals surface area contributed by atoms with Crippen LogP contribution in [0.15, 0.2) is 18.2 Å². The zero-order valence-electron chi connectivity index (χ0n) is 10.1. The molecule has 19 heavy (non-hydrogen) atoms. The number of nitrogens with one attached hydrogen (secondary N) is 2. The summed E-state index contributed by atoms with van der Waals surface area (Å²) >= 11 is 0. The first-order valence-electron chi connectivity index (χ1n) is 5.69.